The van der Waals surface area contributed by atoms with Crippen molar-refractivity contribution in [1.82, 2.24) is 34.5 Å². The van der Waals surface area contributed by atoms with Crippen molar-refractivity contribution in [1.29, 1.82) is 0 Å². The smallest absolute Gasteiger partial charge is 0.165 e. The molecule has 10 aromatic rings. The Bertz CT molecular complexity index is 2800. The Morgan fingerprint density at radius 2 is 0.960 bits per heavy atom. The maximum absolute atomic E-state index is 4.87. The van der Waals surface area contributed by atoms with Crippen LogP contribution in [0.5, 0.6) is 0 Å². The number of fused-ring (bicyclic) bond motifs is 6. The molecule has 7 nitrogen and oxygen atoms in total. The van der Waals surface area contributed by atoms with Gasteiger partial charge in [0.05, 0.1) is 11.0 Å². The molecule has 0 aliphatic carbocycles. The van der Waals surface area contributed by atoms with E-state index in [2.05, 4.69) is 129 Å². The highest BCUT2D eigenvalue weighted by atomic mass is 15.0. The second kappa shape index (κ2) is 11.3. The van der Waals surface area contributed by atoms with Gasteiger partial charge in [0.15, 0.2) is 17.5 Å². The lowest BCUT2D eigenvalue weighted by Crippen LogP contribution is -2.01. The largest absolute Gasteiger partial charge is 0.355 e. The highest BCUT2D eigenvalue weighted by molar-refractivity contribution is 6.11. The summed E-state index contributed by atoms with van der Waals surface area (Å²) in [6.07, 6.45) is 7.02. The van der Waals surface area contributed by atoms with E-state index < -0.39 is 0 Å². The van der Waals surface area contributed by atoms with Crippen molar-refractivity contribution in [2.45, 2.75) is 0 Å². The standard InChI is InChI=1S/C43H27N7/c1-3-11-37-33(9-1)35-23-28(15-19-38(35)46-37)29-16-20-40-36(24-29)34-10-2-4-12-39(34)50(40)32-17-13-27(14-18-32)41-47-42(30-7-5-21-44-25-30)49-43(48-41)31-8-6-22-45-26-31/h1-26,46H. The fraction of sp³-hybridized carbons (Fsp3) is 0. The van der Waals surface area contributed by atoms with Gasteiger partial charge >= 0.3 is 0 Å². The number of nitrogens with one attached hydrogen (secondary N) is 1. The average molecular weight is 642 g/mol. The molecule has 0 radical (unpaired) electrons. The Hall–Kier alpha value is -6.99. The molecule has 0 aliphatic rings. The zero-order chi connectivity index (χ0) is 33.0. The maximum Gasteiger partial charge on any atom is 0.165 e. The van der Waals surface area contributed by atoms with Crippen molar-refractivity contribution in [2.75, 3.05) is 0 Å². The van der Waals surface area contributed by atoms with E-state index in [1.165, 1.54) is 32.7 Å². The number of H-pyrrole nitrogens is 1. The second-order valence-corrected chi connectivity index (χ2v) is 12.4. The highest BCUT2D eigenvalue weighted by Gasteiger charge is 2.16. The van der Waals surface area contributed by atoms with Crippen LogP contribution in [0.3, 0.4) is 0 Å². The molecule has 5 heterocycles. The van der Waals surface area contributed by atoms with Crippen LogP contribution in [0.2, 0.25) is 0 Å². The first-order chi connectivity index (χ1) is 24.8. The number of pyridine rings is 2. The van der Waals surface area contributed by atoms with Crippen LogP contribution >= 0.6 is 0 Å². The summed E-state index contributed by atoms with van der Waals surface area (Å²) in [7, 11) is 0. The summed E-state index contributed by atoms with van der Waals surface area (Å²) >= 11 is 0. The molecular weight excluding hydrogens is 615 g/mol. The van der Waals surface area contributed by atoms with E-state index in [1.54, 1.807) is 24.8 Å². The molecule has 0 unspecified atom stereocenters. The molecule has 0 spiro atoms. The van der Waals surface area contributed by atoms with Crippen molar-refractivity contribution in [3.63, 3.8) is 0 Å². The lowest BCUT2D eigenvalue weighted by Gasteiger charge is -2.11. The van der Waals surface area contributed by atoms with Crippen molar-refractivity contribution in [2.24, 2.45) is 0 Å². The molecule has 0 saturated heterocycles. The summed E-state index contributed by atoms with van der Waals surface area (Å²) in [5.74, 6) is 1.71. The summed E-state index contributed by atoms with van der Waals surface area (Å²) < 4.78 is 2.33. The maximum atomic E-state index is 4.87. The molecule has 0 atom stereocenters. The van der Waals surface area contributed by atoms with Gasteiger partial charge in [0, 0.05) is 79.7 Å². The summed E-state index contributed by atoms with van der Waals surface area (Å²) in [6, 6.07) is 46.7. The minimum absolute atomic E-state index is 0.563. The zero-order valence-electron chi connectivity index (χ0n) is 26.7. The quantitative estimate of drug-likeness (QED) is 0.202. The molecule has 0 fully saturated rings. The lowest BCUT2D eigenvalue weighted by atomic mass is 10.0. The number of benzene rings is 5. The third kappa shape index (κ3) is 4.64. The molecule has 1 N–H and O–H groups in total. The monoisotopic (exact) mass is 641 g/mol. The van der Waals surface area contributed by atoms with Gasteiger partial charge in [0.25, 0.3) is 0 Å². The van der Waals surface area contributed by atoms with Gasteiger partial charge in [0.1, 0.15) is 0 Å². The van der Waals surface area contributed by atoms with Crippen LogP contribution in [-0.4, -0.2) is 34.5 Å². The fourth-order valence-corrected chi connectivity index (χ4v) is 6.97. The molecule has 0 bridgehead atoms. The summed E-state index contributed by atoms with van der Waals surface area (Å²) in [4.78, 5) is 26.6. The van der Waals surface area contributed by atoms with Crippen LogP contribution in [0.4, 0.5) is 0 Å². The Morgan fingerprint density at radius 1 is 0.400 bits per heavy atom. The van der Waals surface area contributed by atoms with E-state index in [1.807, 2.05) is 24.3 Å². The third-order valence-corrected chi connectivity index (χ3v) is 9.37. The van der Waals surface area contributed by atoms with E-state index >= 15 is 0 Å². The molecule has 0 saturated carbocycles. The Labute approximate surface area is 286 Å². The van der Waals surface area contributed by atoms with Gasteiger partial charge in [-0.2, -0.15) is 0 Å². The van der Waals surface area contributed by atoms with Crippen LogP contribution in [0.25, 0.3) is 94.6 Å². The molecule has 5 aromatic heterocycles. The van der Waals surface area contributed by atoms with E-state index in [0.29, 0.717) is 17.5 Å². The van der Waals surface area contributed by atoms with Crippen molar-refractivity contribution in [3.05, 3.63) is 158 Å². The molecule has 234 valence electrons. The highest BCUT2D eigenvalue weighted by Crippen LogP contribution is 2.37. The summed E-state index contributed by atoms with van der Waals surface area (Å²) in [5.41, 5.74) is 10.6. The third-order valence-electron chi connectivity index (χ3n) is 9.37. The molecule has 10 rings (SSSR count). The van der Waals surface area contributed by atoms with Gasteiger partial charge in [-0.25, -0.2) is 15.0 Å². The number of aromatic nitrogens is 7. The summed E-state index contributed by atoms with van der Waals surface area (Å²) in [6.45, 7) is 0. The van der Waals surface area contributed by atoms with Gasteiger partial charge < -0.3 is 9.55 Å². The van der Waals surface area contributed by atoms with Crippen LogP contribution in [0, 0.1) is 0 Å². The van der Waals surface area contributed by atoms with Gasteiger partial charge in [0.2, 0.25) is 0 Å². The minimum Gasteiger partial charge on any atom is -0.355 e. The predicted octanol–water partition coefficient (Wildman–Crippen LogP) is 10.1. The predicted molar refractivity (Wildman–Crippen MR) is 201 cm³/mol. The van der Waals surface area contributed by atoms with Gasteiger partial charge in [-0.05, 0) is 96.1 Å². The van der Waals surface area contributed by atoms with Gasteiger partial charge in [-0.15, -0.1) is 0 Å². The first-order valence-corrected chi connectivity index (χ1v) is 16.5. The van der Waals surface area contributed by atoms with Crippen LogP contribution in [-0.2, 0) is 0 Å². The van der Waals surface area contributed by atoms with Crippen molar-refractivity contribution in [3.8, 4) is 51.0 Å². The number of nitrogens with zero attached hydrogens (tertiary/aromatic N) is 6. The fourth-order valence-electron chi connectivity index (χ4n) is 6.97. The Kier molecular flexibility index (Phi) is 6.35. The molecule has 0 aliphatic heterocycles. The SMILES string of the molecule is c1cncc(-c2nc(-c3ccc(-n4c5ccccc5c5cc(-c6ccc7[nH]c8ccccc8c7c6)ccc54)cc3)nc(-c3cccnc3)n2)c1. The Morgan fingerprint density at radius 3 is 1.66 bits per heavy atom. The average Bonchev–Trinajstić information content (AvgIpc) is 3.73. The number of aromatic amines is 1. The van der Waals surface area contributed by atoms with Crippen LogP contribution < -0.4 is 0 Å². The summed E-state index contributed by atoms with van der Waals surface area (Å²) in [5, 5.41) is 4.89. The Balaban J connectivity index is 1.07. The first-order valence-electron chi connectivity index (χ1n) is 16.5. The van der Waals surface area contributed by atoms with Crippen LogP contribution in [0.1, 0.15) is 0 Å². The van der Waals surface area contributed by atoms with Crippen LogP contribution in [0.15, 0.2) is 158 Å². The number of hydrogen-bond donors (Lipinski definition) is 1. The minimum atomic E-state index is 0.563. The normalized spacial score (nSPS) is 11.6. The van der Waals surface area contributed by atoms with E-state index in [0.717, 1.165) is 44.4 Å². The van der Waals surface area contributed by atoms with Gasteiger partial charge in [-0.1, -0.05) is 48.5 Å². The van der Waals surface area contributed by atoms with Gasteiger partial charge in [-0.3, -0.25) is 9.97 Å². The number of hydrogen-bond acceptors (Lipinski definition) is 5. The number of rotatable bonds is 5. The first kappa shape index (κ1) is 28.1. The molecule has 5 aromatic carbocycles. The molecule has 7 heteroatoms. The van der Waals surface area contributed by atoms with Crippen molar-refractivity contribution >= 4 is 43.6 Å². The van der Waals surface area contributed by atoms with Crippen molar-refractivity contribution < 1.29 is 0 Å². The lowest BCUT2D eigenvalue weighted by molar-refractivity contribution is 1.07. The van der Waals surface area contributed by atoms with E-state index in [-0.39, 0.29) is 0 Å². The molecule has 50 heavy (non-hydrogen) atoms. The topological polar surface area (TPSA) is 85.2 Å². The zero-order valence-corrected chi connectivity index (χ0v) is 26.7. The molecular formula is C43H27N7. The van der Waals surface area contributed by atoms with E-state index in [4.69, 9.17) is 15.0 Å². The molecule has 0 amide bonds. The second-order valence-electron chi connectivity index (χ2n) is 12.4. The number of para-hydroxylation sites is 2. The van der Waals surface area contributed by atoms with E-state index in [9.17, 15) is 0 Å².